The maximum atomic E-state index is 10.3. The van der Waals surface area contributed by atoms with Crippen molar-refractivity contribution in [2.75, 3.05) is 19.6 Å². The normalized spacial score (nSPS) is 14.7. The van der Waals surface area contributed by atoms with Crippen molar-refractivity contribution in [2.45, 2.75) is 6.42 Å². The van der Waals surface area contributed by atoms with Crippen molar-refractivity contribution in [3.63, 3.8) is 0 Å². The van der Waals surface area contributed by atoms with Crippen LogP contribution < -0.4 is 11.1 Å². The van der Waals surface area contributed by atoms with Crippen molar-refractivity contribution in [3.05, 3.63) is 12.2 Å². The van der Waals surface area contributed by atoms with Crippen LogP contribution in [-0.4, -0.2) is 36.5 Å². The molecule has 5 heteroatoms. The molecule has 0 fully saturated rings. The number of carbonyl (C=O) groups excluding carboxylic acids is 1. The smallest absolute Gasteiger partial charge is 0.304 e. The van der Waals surface area contributed by atoms with Crippen LogP contribution in [0, 0.1) is 0 Å². The Kier molecular flexibility index (Phi) is 6.76. The number of nitrogens with two attached hydrogens (primary N) is 1. The molecule has 1 aliphatic rings. The van der Waals surface area contributed by atoms with E-state index in [4.69, 9.17) is 10.8 Å². The predicted octanol–water partition coefficient (Wildman–Crippen LogP) is -0.865. The van der Waals surface area contributed by atoms with Crippen LogP contribution in [-0.2, 0) is 9.59 Å². The highest BCUT2D eigenvalue weighted by atomic mass is 16.4. The molecule has 0 saturated carbocycles. The van der Waals surface area contributed by atoms with E-state index in [9.17, 15) is 9.59 Å². The summed E-state index contributed by atoms with van der Waals surface area (Å²) < 4.78 is 0. The molecule has 0 bridgehead atoms. The van der Waals surface area contributed by atoms with Crippen LogP contribution in [0.5, 0.6) is 0 Å². The lowest BCUT2D eigenvalue weighted by molar-refractivity contribution is -0.136. The van der Waals surface area contributed by atoms with E-state index >= 15 is 0 Å². The van der Waals surface area contributed by atoms with Gasteiger partial charge in [0.25, 0.3) is 0 Å². The summed E-state index contributed by atoms with van der Waals surface area (Å²) in [6, 6.07) is 0. The molecule has 1 heterocycles. The van der Waals surface area contributed by atoms with E-state index in [2.05, 4.69) is 5.32 Å². The minimum atomic E-state index is -0.836. The summed E-state index contributed by atoms with van der Waals surface area (Å²) in [5, 5.41) is 10.7. The van der Waals surface area contributed by atoms with Gasteiger partial charge in [0.1, 0.15) is 0 Å². The molecule has 0 radical (unpaired) electrons. The molecule has 0 aromatic heterocycles. The lowest BCUT2D eigenvalue weighted by Crippen LogP contribution is -2.25. The van der Waals surface area contributed by atoms with Gasteiger partial charge in [-0.1, -0.05) is 6.08 Å². The van der Waals surface area contributed by atoms with Gasteiger partial charge >= 0.3 is 5.97 Å². The maximum Gasteiger partial charge on any atom is 0.304 e. The Morgan fingerprint density at radius 1 is 1.69 bits per heavy atom. The second-order valence-corrected chi connectivity index (χ2v) is 2.43. The lowest BCUT2D eigenvalue weighted by Gasteiger charge is -2.00. The van der Waals surface area contributed by atoms with Crippen molar-refractivity contribution in [3.8, 4) is 0 Å². The molecule has 0 atom stereocenters. The van der Waals surface area contributed by atoms with E-state index in [1.807, 2.05) is 6.08 Å². The van der Waals surface area contributed by atoms with Gasteiger partial charge in [0.05, 0.1) is 13.0 Å². The van der Waals surface area contributed by atoms with Crippen LogP contribution in [0.2, 0.25) is 0 Å². The Morgan fingerprint density at radius 3 is 2.54 bits per heavy atom. The van der Waals surface area contributed by atoms with Crippen LogP contribution in [0.1, 0.15) is 6.42 Å². The quantitative estimate of drug-likeness (QED) is 0.521. The maximum absolute atomic E-state index is 10.3. The fourth-order valence-electron chi connectivity index (χ4n) is 0.651. The summed E-state index contributed by atoms with van der Waals surface area (Å²) in [7, 11) is 0. The Balaban J connectivity index is 0.000000226. The molecular formula is C8H14N2O3. The third-order valence-electron chi connectivity index (χ3n) is 1.22. The molecule has 0 aromatic rings. The fourth-order valence-corrected chi connectivity index (χ4v) is 0.651. The summed E-state index contributed by atoms with van der Waals surface area (Å²) in [5.41, 5.74) is 4.85. The summed E-state index contributed by atoms with van der Waals surface area (Å²) in [5.74, 6) is -0.663. The molecule has 13 heavy (non-hydrogen) atoms. The Labute approximate surface area is 76.6 Å². The first-order valence-corrected chi connectivity index (χ1v) is 3.98. The van der Waals surface area contributed by atoms with Gasteiger partial charge in [-0.15, -0.1) is 0 Å². The number of carboxylic acid groups (broad SMARTS) is 1. The van der Waals surface area contributed by atoms with E-state index in [1.165, 1.54) is 0 Å². The molecule has 4 N–H and O–H groups in total. The molecule has 0 spiro atoms. The van der Waals surface area contributed by atoms with Crippen molar-refractivity contribution in [1.82, 2.24) is 5.32 Å². The zero-order valence-corrected chi connectivity index (χ0v) is 7.32. The van der Waals surface area contributed by atoms with Gasteiger partial charge in [0, 0.05) is 13.1 Å². The van der Waals surface area contributed by atoms with Crippen LogP contribution in [0.25, 0.3) is 0 Å². The fraction of sp³-hybridized carbons (Fsp3) is 0.500. The molecule has 0 aliphatic carbocycles. The molecule has 0 aromatic carbocycles. The standard InChI is InChI=1S/C5H7NO.C3H7NO2/c7-5-2-1-3-6-4-5;4-2-1-3(5)6/h1-2,6H,3-4H2;1-2,4H2,(H,5,6). The highest BCUT2D eigenvalue weighted by Crippen LogP contribution is 1.80. The lowest BCUT2D eigenvalue weighted by atomic mass is 10.3. The Bertz CT molecular complexity index is 202. The predicted molar refractivity (Wildman–Crippen MR) is 48.3 cm³/mol. The van der Waals surface area contributed by atoms with Gasteiger partial charge < -0.3 is 16.2 Å². The minimum Gasteiger partial charge on any atom is -0.481 e. The number of ketones is 1. The summed E-state index contributed by atoms with van der Waals surface area (Å²) in [4.78, 5) is 19.8. The molecule has 5 nitrogen and oxygen atoms in total. The molecule has 1 rings (SSSR count). The van der Waals surface area contributed by atoms with E-state index < -0.39 is 5.97 Å². The third kappa shape index (κ3) is 8.71. The Morgan fingerprint density at radius 2 is 2.38 bits per heavy atom. The van der Waals surface area contributed by atoms with E-state index in [-0.39, 0.29) is 18.7 Å². The number of hydrogen-bond acceptors (Lipinski definition) is 4. The van der Waals surface area contributed by atoms with E-state index in [0.717, 1.165) is 6.54 Å². The van der Waals surface area contributed by atoms with Crippen molar-refractivity contribution < 1.29 is 14.7 Å². The zero-order valence-electron chi connectivity index (χ0n) is 7.32. The van der Waals surface area contributed by atoms with Crippen molar-refractivity contribution in [1.29, 1.82) is 0 Å². The number of rotatable bonds is 2. The van der Waals surface area contributed by atoms with E-state index in [0.29, 0.717) is 6.54 Å². The summed E-state index contributed by atoms with van der Waals surface area (Å²) >= 11 is 0. The van der Waals surface area contributed by atoms with Gasteiger partial charge in [-0.3, -0.25) is 9.59 Å². The number of aliphatic carboxylic acids is 1. The average Bonchev–Trinajstić information content (AvgIpc) is 2.06. The molecule has 0 amide bonds. The highest BCUT2D eigenvalue weighted by molar-refractivity contribution is 5.92. The zero-order chi connectivity index (χ0) is 10.1. The summed E-state index contributed by atoms with van der Waals surface area (Å²) in [6.07, 6.45) is 3.50. The number of carbonyl (C=O) groups is 2. The first-order valence-electron chi connectivity index (χ1n) is 3.98. The topological polar surface area (TPSA) is 92.4 Å². The molecular weight excluding hydrogens is 172 g/mol. The van der Waals surface area contributed by atoms with Gasteiger partial charge in [0.2, 0.25) is 0 Å². The first kappa shape index (κ1) is 11.8. The molecule has 74 valence electrons. The Hall–Kier alpha value is -1.20. The van der Waals surface area contributed by atoms with Gasteiger partial charge in [-0.2, -0.15) is 0 Å². The number of nitrogens with one attached hydrogen (secondary N) is 1. The van der Waals surface area contributed by atoms with Gasteiger partial charge in [-0.25, -0.2) is 0 Å². The number of hydrogen-bond donors (Lipinski definition) is 3. The van der Waals surface area contributed by atoms with Gasteiger partial charge in [0.15, 0.2) is 5.78 Å². The molecule has 1 aliphatic heterocycles. The van der Waals surface area contributed by atoms with Crippen LogP contribution >= 0.6 is 0 Å². The monoisotopic (exact) mass is 186 g/mol. The van der Waals surface area contributed by atoms with Gasteiger partial charge in [-0.05, 0) is 6.08 Å². The van der Waals surface area contributed by atoms with Crippen molar-refractivity contribution in [2.24, 2.45) is 5.73 Å². The average molecular weight is 186 g/mol. The molecule has 0 unspecified atom stereocenters. The van der Waals surface area contributed by atoms with Crippen LogP contribution in [0.15, 0.2) is 12.2 Å². The molecule has 0 saturated heterocycles. The second-order valence-electron chi connectivity index (χ2n) is 2.43. The third-order valence-corrected chi connectivity index (χ3v) is 1.22. The first-order chi connectivity index (χ1) is 6.16. The summed E-state index contributed by atoms with van der Waals surface area (Å²) in [6.45, 7) is 1.58. The minimum absolute atomic E-state index is 0.0694. The van der Waals surface area contributed by atoms with Crippen molar-refractivity contribution >= 4 is 11.8 Å². The van der Waals surface area contributed by atoms with Crippen LogP contribution in [0.3, 0.4) is 0 Å². The largest absolute Gasteiger partial charge is 0.481 e. The van der Waals surface area contributed by atoms with E-state index in [1.54, 1.807) is 6.08 Å². The van der Waals surface area contributed by atoms with Crippen LogP contribution in [0.4, 0.5) is 0 Å². The number of carboxylic acids is 1. The highest BCUT2D eigenvalue weighted by Gasteiger charge is 1.97. The second kappa shape index (κ2) is 7.45. The SMILES string of the molecule is NCCC(=O)O.O=C1C=CCNC1.